The first kappa shape index (κ1) is 20.9. The molecule has 0 spiro atoms. The van der Waals surface area contributed by atoms with Gasteiger partial charge in [0.2, 0.25) is 0 Å². The Balaban J connectivity index is 1.35. The van der Waals surface area contributed by atoms with E-state index in [4.69, 9.17) is 9.72 Å². The fourth-order valence-electron chi connectivity index (χ4n) is 5.75. The van der Waals surface area contributed by atoms with Crippen molar-refractivity contribution in [1.82, 2.24) is 15.6 Å². The molecule has 1 aromatic heterocycles. The number of nitrogens with one attached hydrogen (secondary N) is 2. The maximum Gasteiger partial charge on any atom is 0.0726 e. The van der Waals surface area contributed by atoms with Crippen molar-refractivity contribution in [3.63, 3.8) is 0 Å². The third-order valence-electron chi connectivity index (χ3n) is 7.18. The van der Waals surface area contributed by atoms with Crippen molar-refractivity contribution in [1.29, 1.82) is 0 Å². The van der Waals surface area contributed by atoms with Gasteiger partial charge in [-0.05, 0) is 75.4 Å². The van der Waals surface area contributed by atoms with E-state index >= 15 is 0 Å². The minimum atomic E-state index is 0.275. The van der Waals surface area contributed by atoms with Crippen molar-refractivity contribution in [3.8, 4) is 0 Å². The molecule has 0 amide bonds. The summed E-state index contributed by atoms with van der Waals surface area (Å²) in [7, 11) is 2.06. The third-order valence-corrected chi connectivity index (χ3v) is 7.18. The molecule has 2 N–H and O–H groups in total. The van der Waals surface area contributed by atoms with Crippen molar-refractivity contribution in [2.75, 3.05) is 25.0 Å². The van der Waals surface area contributed by atoms with Crippen LogP contribution in [0.15, 0.2) is 30.3 Å². The highest BCUT2D eigenvalue weighted by Crippen LogP contribution is 2.32. The van der Waals surface area contributed by atoms with E-state index in [2.05, 4.69) is 66.8 Å². The summed E-state index contributed by atoms with van der Waals surface area (Å²) >= 11 is 0. The molecule has 4 atom stereocenters. The van der Waals surface area contributed by atoms with Gasteiger partial charge in [0.25, 0.3) is 0 Å². The lowest BCUT2D eigenvalue weighted by atomic mass is 9.89. The van der Waals surface area contributed by atoms with Crippen molar-refractivity contribution >= 4 is 5.69 Å². The molecule has 3 heterocycles. The average molecular weight is 421 g/mol. The van der Waals surface area contributed by atoms with Gasteiger partial charge in [0.05, 0.1) is 17.9 Å². The number of morpholine rings is 1. The molecule has 1 unspecified atom stereocenters. The number of benzene rings is 1. The second-order valence-electron chi connectivity index (χ2n) is 9.64. The standard InChI is InChI=1S/C26H36N4O/c1-17-15-30(16-18(2)31-17)25-9-5-7-20-14-28-22(13-23(20)25)12-21-11-10-19-6-4-8-24(27-3)26(19)29-21/h5,7,9-11,17-18,22,24,27-28H,4,6,8,12-16H2,1-3H3/t17-,18+,22-,24?/m0/s1. The number of aryl methyl sites for hydroxylation is 1. The molecule has 5 nitrogen and oxygen atoms in total. The highest BCUT2D eigenvalue weighted by atomic mass is 16.5. The van der Waals surface area contributed by atoms with Gasteiger partial charge in [-0.3, -0.25) is 4.98 Å². The smallest absolute Gasteiger partial charge is 0.0726 e. The largest absolute Gasteiger partial charge is 0.372 e. The van der Waals surface area contributed by atoms with Gasteiger partial charge in [0, 0.05) is 49.5 Å². The topological polar surface area (TPSA) is 49.4 Å². The summed E-state index contributed by atoms with van der Waals surface area (Å²) < 4.78 is 5.98. The Labute approximate surface area is 186 Å². The minimum absolute atomic E-state index is 0.275. The number of ether oxygens (including phenoxy) is 1. The van der Waals surface area contributed by atoms with Gasteiger partial charge in [-0.15, -0.1) is 0 Å². The molecule has 2 aromatic rings. The molecule has 0 radical (unpaired) electrons. The van der Waals surface area contributed by atoms with E-state index in [1.807, 2.05) is 0 Å². The van der Waals surface area contributed by atoms with Crippen LogP contribution in [0, 0.1) is 0 Å². The summed E-state index contributed by atoms with van der Waals surface area (Å²) in [6.45, 7) is 7.24. The Morgan fingerprint density at radius 2 is 1.97 bits per heavy atom. The molecule has 2 aliphatic heterocycles. The molecule has 31 heavy (non-hydrogen) atoms. The van der Waals surface area contributed by atoms with E-state index in [1.54, 1.807) is 0 Å². The third kappa shape index (κ3) is 4.36. The van der Waals surface area contributed by atoms with Crippen LogP contribution in [0.3, 0.4) is 0 Å². The number of fused-ring (bicyclic) bond motifs is 2. The predicted octanol–water partition coefficient (Wildman–Crippen LogP) is 3.55. The Hall–Kier alpha value is -1.95. The number of hydrogen-bond donors (Lipinski definition) is 2. The molecule has 1 fully saturated rings. The van der Waals surface area contributed by atoms with Crippen LogP contribution in [0.25, 0.3) is 0 Å². The normalized spacial score (nSPS) is 28.2. The summed E-state index contributed by atoms with van der Waals surface area (Å²) in [6.07, 6.45) is 6.19. The quantitative estimate of drug-likeness (QED) is 0.792. The molecule has 0 bridgehead atoms. The SMILES string of the molecule is CNC1CCCc2ccc(C[C@H]3Cc4c(cccc4N4C[C@@H](C)O[C@@H](C)C4)CN3)nc21. The number of rotatable bonds is 4. The van der Waals surface area contributed by atoms with Crippen molar-refractivity contribution in [2.45, 2.75) is 76.8 Å². The molecule has 166 valence electrons. The van der Waals surface area contributed by atoms with Gasteiger partial charge in [-0.25, -0.2) is 0 Å². The van der Waals surface area contributed by atoms with E-state index in [1.165, 1.54) is 46.6 Å². The summed E-state index contributed by atoms with van der Waals surface area (Å²) in [5.41, 5.74) is 8.27. The van der Waals surface area contributed by atoms with Crippen molar-refractivity contribution in [2.24, 2.45) is 0 Å². The maximum atomic E-state index is 5.98. The van der Waals surface area contributed by atoms with Gasteiger partial charge < -0.3 is 20.3 Å². The van der Waals surface area contributed by atoms with Crippen molar-refractivity contribution < 1.29 is 4.74 Å². The van der Waals surface area contributed by atoms with Crippen LogP contribution < -0.4 is 15.5 Å². The Kier molecular flexibility index (Phi) is 6.00. The summed E-state index contributed by atoms with van der Waals surface area (Å²) in [4.78, 5) is 7.65. The van der Waals surface area contributed by atoms with Gasteiger partial charge in [-0.2, -0.15) is 0 Å². The molecule has 5 rings (SSSR count). The van der Waals surface area contributed by atoms with Crippen LogP contribution in [0.5, 0.6) is 0 Å². The van der Waals surface area contributed by atoms with E-state index in [0.717, 1.165) is 38.9 Å². The zero-order valence-electron chi connectivity index (χ0n) is 19.2. The Morgan fingerprint density at radius 1 is 1.13 bits per heavy atom. The molecule has 3 aliphatic rings. The maximum absolute atomic E-state index is 5.98. The molecule has 1 saturated heterocycles. The minimum Gasteiger partial charge on any atom is -0.372 e. The zero-order chi connectivity index (χ0) is 21.4. The Morgan fingerprint density at radius 3 is 2.77 bits per heavy atom. The first-order valence-corrected chi connectivity index (χ1v) is 12.0. The van der Waals surface area contributed by atoms with E-state index in [0.29, 0.717) is 12.1 Å². The fourth-order valence-corrected chi connectivity index (χ4v) is 5.75. The molecule has 0 saturated carbocycles. The van der Waals surface area contributed by atoms with Gasteiger partial charge in [-0.1, -0.05) is 18.2 Å². The Bertz CT molecular complexity index is 920. The second-order valence-corrected chi connectivity index (χ2v) is 9.64. The lowest BCUT2D eigenvalue weighted by molar-refractivity contribution is -0.00527. The summed E-state index contributed by atoms with van der Waals surface area (Å²) in [6, 6.07) is 12.2. The number of aromatic nitrogens is 1. The number of hydrogen-bond acceptors (Lipinski definition) is 5. The summed E-state index contributed by atoms with van der Waals surface area (Å²) in [5.74, 6) is 0. The lowest BCUT2D eigenvalue weighted by Crippen LogP contribution is -2.46. The first-order chi connectivity index (χ1) is 15.1. The molecular weight excluding hydrogens is 384 g/mol. The van der Waals surface area contributed by atoms with Gasteiger partial charge >= 0.3 is 0 Å². The second kappa shape index (κ2) is 8.89. The number of pyridine rings is 1. The number of nitrogens with zero attached hydrogens (tertiary/aromatic N) is 2. The van der Waals surface area contributed by atoms with Crippen LogP contribution in [0.1, 0.15) is 60.8 Å². The number of anilines is 1. The molecular formula is C26H36N4O. The van der Waals surface area contributed by atoms with Crippen LogP contribution in [0.2, 0.25) is 0 Å². The van der Waals surface area contributed by atoms with E-state index in [-0.39, 0.29) is 12.2 Å². The van der Waals surface area contributed by atoms with Crippen LogP contribution in [0.4, 0.5) is 5.69 Å². The monoisotopic (exact) mass is 420 g/mol. The summed E-state index contributed by atoms with van der Waals surface area (Å²) in [5, 5.41) is 7.24. The van der Waals surface area contributed by atoms with Gasteiger partial charge in [0.1, 0.15) is 0 Å². The van der Waals surface area contributed by atoms with Crippen molar-refractivity contribution in [3.05, 3.63) is 58.4 Å². The van der Waals surface area contributed by atoms with E-state index in [9.17, 15) is 0 Å². The van der Waals surface area contributed by atoms with Crippen LogP contribution in [-0.4, -0.2) is 43.4 Å². The van der Waals surface area contributed by atoms with Gasteiger partial charge in [0.15, 0.2) is 0 Å². The predicted molar refractivity (Wildman–Crippen MR) is 126 cm³/mol. The highest BCUT2D eigenvalue weighted by Gasteiger charge is 2.28. The van der Waals surface area contributed by atoms with Crippen LogP contribution >= 0.6 is 0 Å². The molecule has 1 aromatic carbocycles. The zero-order valence-corrected chi connectivity index (χ0v) is 19.2. The highest BCUT2D eigenvalue weighted by molar-refractivity contribution is 5.58. The lowest BCUT2D eigenvalue weighted by Gasteiger charge is -2.39. The average Bonchev–Trinajstić information content (AvgIpc) is 2.77. The molecule has 5 heteroatoms. The van der Waals surface area contributed by atoms with E-state index < -0.39 is 0 Å². The molecule has 1 aliphatic carbocycles. The first-order valence-electron chi connectivity index (χ1n) is 12.0. The van der Waals surface area contributed by atoms with Crippen LogP contribution in [-0.2, 0) is 30.5 Å². The fraction of sp³-hybridized carbons (Fsp3) is 0.577.